The van der Waals surface area contributed by atoms with Crippen LogP contribution < -0.4 is 11.1 Å². The zero-order valence-corrected chi connectivity index (χ0v) is 13.9. The summed E-state index contributed by atoms with van der Waals surface area (Å²) in [4.78, 5) is 12.2. The van der Waals surface area contributed by atoms with Gasteiger partial charge in [0.15, 0.2) is 0 Å². The predicted octanol–water partition coefficient (Wildman–Crippen LogP) is 2.43. The maximum Gasteiger partial charge on any atom is 0.0925 e. The summed E-state index contributed by atoms with van der Waals surface area (Å²) in [5.74, 6) is 0. The minimum atomic E-state index is 0.353. The number of aromatic amines is 1. The lowest BCUT2D eigenvalue weighted by Gasteiger charge is -2.29. The van der Waals surface area contributed by atoms with Gasteiger partial charge in [-0.25, -0.2) is 4.98 Å². The molecule has 0 saturated heterocycles. The average Bonchev–Trinajstić information content (AvgIpc) is 2.98. The Balaban J connectivity index is 1.72. The minimum absolute atomic E-state index is 0.353. The molecule has 0 bridgehead atoms. The molecule has 0 aromatic carbocycles. The van der Waals surface area contributed by atoms with Crippen LogP contribution in [0.4, 0.5) is 0 Å². The highest BCUT2D eigenvalue weighted by molar-refractivity contribution is 5.25. The lowest BCUT2D eigenvalue weighted by molar-refractivity contribution is 0.365. The smallest absolute Gasteiger partial charge is 0.0925 e. The quantitative estimate of drug-likeness (QED) is 0.733. The maximum absolute atomic E-state index is 5.73. The van der Waals surface area contributed by atoms with Crippen LogP contribution in [-0.2, 0) is 12.8 Å². The first-order valence-corrected chi connectivity index (χ1v) is 8.66. The lowest BCUT2D eigenvalue weighted by atomic mass is 9.90. The highest BCUT2D eigenvalue weighted by atomic mass is 15.0. The third kappa shape index (κ3) is 3.98. The van der Waals surface area contributed by atoms with E-state index in [1.54, 1.807) is 6.33 Å². The van der Waals surface area contributed by atoms with E-state index in [1.165, 1.54) is 23.4 Å². The summed E-state index contributed by atoms with van der Waals surface area (Å²) in [5, 5.41) is 3.85. The molecule has 0 amide bonds. The van der Waals surface area contributed by atoms with Crippen LogP contribution in [0.2, 0.25) is 0 Å². The Hall–Kier alpha value is -1.72. The fraction of sp³-hybridized carbons (Fsp3) is 0.556. The molecule has 1 aliphatic rings. The van der Waals surface area contributed by atoms with E-state index in [2.05, 4.69) is 33.3 Å². The van der Waals surface area contributed by atoms with E-state index in [0.29, 0.717) is 12.1 Å². The summed E-state index contributed by atoms with van der Waals surface area (Å²) >= 11 is 0. The van der Waals surface area contributed by atoms with Crippen LogP contribution in [0.5, 0.6) is 0 Å². The minimum Gasteiger partial charge on any atom is -0.348 e. The van der Waals surface area contributed by atoms with E-state index in [-0.39, 0.29) is 0 Å². The monoisotopic (exact) mass is 313 g/mol. The van der Waals surface area contributed by atoms with Crippen LogP contribution in [-0.4, -0.2) is 27.5 Å². The van der Waals surface area contributed by atoms with Crippen LogP contribution >= 0.6 is 0 Å². The summed E-state index contributed by atoms with van der Waals surface area (Å²) in [6.07, 6.45) is 10.3. The molecule has 4 N–H and O–H groups in total. The molecule has 23 heavy (non-hydrogen) atoms. The Morgan fingerprint density at radius 2 is 2.35 bits per heavy atom. The summed E-state index contributed by atoms with van der Waals surface area (Å²) in [5.41, 5.74) is 10.7. The Bertz CT molecular complexity index is 621. The Morgan fingerprint density at radius 3 is 3.13 bits per heavy atom. The topological polar surface area (TPSA) is 79.6 Å². The van der Waals surface area contributed by atoms with Crippen molar-refractivity contribution in [1.82, 2.24) is 20.3 Å². The molecule has 5 nitrogen and oxygen atoms in total. The van der Waals surface area contributed by atoms with Gasteiger partial charge in [-0.1, -0.05) is 6.07 Å². The number of pyridine rings is 1. The summed E-state index contributed by atoms with van der Waals surface area (Å²) in [6.45, 7) is 2.79. The van der Waals surface area contributed by atoms with E-state index in [9.17, 15) is 0 Å². The first-order chi connectivity index (χ1) is 11.3. The fourth-order valence-electron chi connectivity index (χ4n) is 3.51. The number of hydrogen-bond acceptors (Lipinski definition) is 4. The largest absolute Gasteiger partial charge is 0.348 e. The van der Waals surface area contributed by atoms with Crippen LogP contribution in [0.3, 0.4) is 0 Å². The van der Waals surface area contributed by atoms with Gasteiger partial charge in [0.25, 0.3) is 0 Å². The number of hydrogen-bond donors (Lipinski definition) is 3. The Kier molecular flexibility index (Phi) is 5.41. The molecule has 2 unspecified atom stereocenters. The van der Waals surface area contributed by atoms with Crippen molar-refractivity contribution in [3.63, 3.8) is 0 Å². The van der Waals surface area contributed by atoms with Crippen molar-refractivity contribution < 1.29 is 0 Å². The fourth-order valence-corrected chi connectivity index (χ4v) is 3.51. The number of nitrogens with zero attached hydrogens (tertiary/aromatic N) is 2. The van der Waals surface area contributed by atoms with Gasteiger partial charge in [0.05, 0.1) is 17.7 Å². The summed E-state index contributed by atoms with van der Waals surface area (Å²) < 4.78 is 0. The van der Waals surface area contributed by atoms with Crippen LogP contribution in [0, 0.1) is 6.92 Å². The molecule has 5 heteroatoms. The van der Waals surface area contributed by atoms with Crippen molar-refractivity contribution in [2.24, 2.45) is 5.73 Å². The number of rotatable bonds is 7. The second kappa shape index (κ2) is 7.70. The van der Waals surface area contributed by atoms with Gasteiger partial charge < -0.3 is 16.0 Å². The van der Waals surface area contributed by atoms with Gasteiger partial charge >= 0.3 is 0 Å². The van der Waals surface area contributed by atoms with Crippen molar-refractivity contribution in [2.75, 3.05) is 6.54 Å². The number of fused-ring (bicyclic) bond motifs is 1. The molecule has 0 fully saturated rings. The van der Waals surface area contributed by atoms with Crippen molar-refractivity contribution in [2.45, 2.75) is 57.5 Å². The molecule has 0 saturated carbocycles. The van der Waals surface area contributed by atoms with Crippen LogP contribution in [0.25, 0.3) is 0 Å². The maximum atomic E-state index is 5.73. The number of aromatic nitrogens is 3. The molecule has 0 aliphatic heterocycles. The summed E-state index contributed by atoms with van der Waals surface area (Å²) in [6, 6.07) is 5.01. The SMILES string of the molecule is Cc1nc[nH]c1CC(CCCN)NC1CCCc2cccnc21. The molecular weight excluding hydrogens is 286 g/mol. The van der Waals surface area contributed by atoms with Gasteiger partial charge in [0.1, 0.15) is 0 Å². The van der Waals surface area contributed by atoms with E-state index in [4.69, 9.17) is 5.73 Å². The van der Waals surface area contributed by atoms with E-state index in [1.807, 2.05) is 12.3 Å². The van der Waals surface area contributed by atoms with Crippen LogP contribution in [0.15, 0.2) is 24.7 Å². The number of nitrogens with two attached hydrogens (primary N) is 1. The molecule has 0 spiro atoms. The number of nitrogens with one attached hydrogen (secondary N) is 2. The molecule has 2 heterocycles. The Morgan fingerprint density at radius 1 is 1.43 bits per heavy atom. The van der Waals surface area contributed by atoms with E-state index in [0.717, 1.165) is 44.3 Å². The molecular formula is C18H27N5. The van der Waals surface area contributed by atoms with Crippen molar-refractivity contribution in [3.05, 3.63) is 47.3 Å². The van der Waals surface area contributed by atoms with E-state index >= 15 is 0 Å². The van der Waals surface area contributed by atoms with Crippen molar-refractivity contribution in [3.8, 4) is 0 Å². The normalized spacial score (nSPS) is 18.6. The van der Waals surface area contributed by atoms with Gasteiger partial charge in [-0.3, -0.25) is 4.98 Å². The molecule has 0 radical (unpaired) electrons. The highest BCUT2D eigenvalue weighted by Gasteiger charge is 2.24. The standard InChI is InChI=1S/C18H27N5/c1-13-17(22-12-21-13)11-15(7-3-9-19)23-16-8-2-5-14-6-4-10-20-18(14)16/h4,6,10,12,15-16,23H,2-3,5,7-9,11,19H2,1H3,(H,21,22). The third-order valence-electron chi connectivity index (χ3n) is 4.77. The lowest BCUT2D eigenvalue weighted by Crippen LogP contribution is -2.37. The van der Waals surface area contributed by atoms with Gasteiger partial charge in [-0.2, -0.15) is 0 Å². The molecule has 3 rings (SSSR count). The molecule has 1 aliphatic carbocycles. The first kappa shape index (κ1) is 16.1. The summed E-state index contributed by atoms with van der Waals surface area (Å²) in [7, 11) is 0. The second-order valence-electron chi connectivity index (χ2n) is 6.46. The molecule has 2 aromatic heterocycles. The second-order valence-corrected chi connectivity index (χ2v) is 6.46. The highest BCUT2D eigenvalue weighted by Crippen LogP contribution is 2.28. The average molecular weight is 313 g/mol. The Labute approximate surface area is 138 Å². The zero-order valence-electron chi connectivity index (χ0n) is 13.9. The van der Waals surface area contributed by atoms with Gasteiger partial charge in [0.2, 0.25) is 0 Å². The van der Waals surface area contributed by atoms with Crippen molar-refractivity contribution >= 4 is 0 Å². The molecule has 2 aromatic rings. The van der Waals surface area contributed by atoms with Crippen molar-refractivity contribution in [1.29, 1.82) is 0 Å². The first-order valence-electron chi connectivity index (χ1n) is 8.66. The number of aryl methyl sites for hydroxylation is 2. The van der Waals surface area contributed by atoms with Gasteiger partial charge in [-0.05, 0) is 57.2 Å². The van der Waals surface area contributed by atoms with E-state index < -0.39 is 0 Å². The molecule has 2 atom stereocenters. The predicted molar refractivity (Wildman–Crippen MR) is 92.2 cm³/mol. The van der Waals surface area contributed by atoms with Gasteiger partial charge in [-0.15, -0.1) is 0 Å². The van der Waals surface area contributed by atoms with Crippen LogP contribution in [0.1, 0.15) is 54.4 Å². The molecule has 124 valence electrons. The van der Waals surface area contributed by atoms with Gasteiger partial charge in [0, 0.05) is 30.4 Å². The zero-order chi connectivity index (χ0) is 16.1. The number of H-pyrrole nitrogens is 1. The third-order valence-corrected chi connectivity index (χ3v) is 4.77. The number of imidazole rings is 1.